The zero-order valence-corrected chi connectivity index (χ0v) is 11.0. The van der Waals surface area contributed by atoms with Crippen LogP contribution in [-0.4, -0.2) is 21.0 Å². The van der Waals surface area contributed by atoms with Crippen molar-refractivity contribution in [2.45, 2.75) is 38.0 Å². The Labute approximate surface area is 104 Å². The first-order chi connectivity index (χ1) is 8.00. The van der Waals surface area contributed by atoms with Crippen LogP contribution in [0.15, 0.2) is 23.1 Å². The molecule has 0 saturated carbocycles. The summed E-state index contributed by atoms with van der Waals surface area (Å²) in [5.41, 5.74) is 2.20. The maximum absolute atomic E-state index is 12.0. The van der Waals surface area contributed by atoms with Crippen molar-refractivity contribution in [1.82, 2.24) is 0 Å². The van der Waals surface area contributed by atoms with Gasteiger partial charge >= 0.3 is 5.97 Å². The summed E-state index contributed by atoms with van der Waals surface area (Å²) < 4.78 is 12.0. The van der Waals surface area contributed by atoms with Crippen molar-refractivity contribution in [3.05, 3.63) is 29.3 Å². The van der Waals surface area contributed by atoms with E-state index in [1.54, 1.807) is 0 Å². The average molecular weight is 254 g/mol. The number of aryl methyl sites for hydroxylation is 2. The topological polar surface area (TPSA) is 54.4 Å². The van der Waals surface area contributed by atoms with Gasteiger partial charge in [0.2, 0.25) is 0 Å². The molecule has 0 aliphatic carbocycles. The standard InChI is InChI=1S/C13H18O3S/c1-10-6-7-12(11(2)9-10)17(16)8-4-3-5-13(14)15/h6-7,9H,3-5,8H2,1-2H3,(H,14,15). The molecule has 3 nitrogen and oxygen atoms in total. The van der Waals surface area contributed by atoms with Gasteiger partial charge in [0.1, 0.15) is 0 Å². The summed E-state index contributed by atoms with van der Waals surface area (Å²) >= 11 is 0. The Bertz CT molecular complexity index is 427. The molecule has 0 aliphatic rings. The fraction of sp³-hybridized carbons (Fsp3) is 0.462. The second kappa shape index (κ2) is 6.55. The third-order valence-electron chi connectivity index (χ3n) is 2.55. The van der Waals surface area contributed by atoms with E-state index < -0.39 is 16.8 Å². The second-order valence-corrected chi connectivity index (χ2v) is 5.71. The molecule has 1 aromatic rings. The second-order valence-electron chi connectivity index (χ2n) is 4.17. The normalized spacial score (nSPS) is 12.4. The van der Waals surface area contributed by atoms with Crippen LogP contribution < -0.4 is 0 Å². The van der Waals surface area contributed by atoms with Crippen molar-refractivity contribution in [1.29, 1.82) is 0 Å². The summed E-state index contributed by atoms with van der Waals surface area (Å²) in [7, 11) is -1.01. The average Bonchev–Trinajstić information content (AvgIpc) is 2.23. The molecule has 0 radical (unpaired) electrons. The number of benzene rings is 1. The minimum atomic E-state index is -1.01. The summed E-state index contributed by atoms with van der Waals surface area (Å²) in [6.45, 7) is 3.96. The molecule has 0 spiro atoms. The minimum Gasteiger partial charge on any atom is -0.481 e. The molecule has 0 aromatic heterocycles. The lowest BCUT2D eigenvalue weighted by Gasteiger charge is -2.06. The molecule has 0 bridgehead atoms. The summed E-state index contributed by atoms with van der Waals surface area (Å²) in [4.78, 5) is 11.2. The van der Waals surface area contributed by atoms with Crippen LogP contribution in [-0.2, 0) is 15.6 Å². The molecule has 0 heterocycles. The lowest BCUT2D eigenvalue weighted by molar-refractivity contribution is -0.137. The van der Waals surface area contributed by atoms with Crippen molar-refractivity contribution >= 4 is 16.8 Å². The van der Waals surface area contributed by atoms with E-state index in [1.165, 1.54) is 0 Å². The Hall–Kier alpha value is -1.16. The van der Waals surface area contributed by atoms with E-state index in [2.05, 4.69) is 0 Å². The highest BCUT2D eigenvalue weighted by atomic mass is 32.2. The number of carboxylic acid groups (broad SMARTS) is 1. The molecule has 0 aliphatic heterocycles. The molecule has 4 heteroatoms. The Morgan fingerprint density at radius 1 is 1.29 bits per heavy atom. The van der Waals surface area contributed by atoms with Gasteiger partial charge in [-0.3, -0.25) is 9.00 Å². The number of unbranched alkanes of at least 4 members (excludes halogenated alkanes) is 1. The van der Waals surface area contributed by atoms with Gasteiger partial charge in [0.05, 0.1) is 10.8 Å². The molecule has 1 unspecified atom stereocenters. The zero-order chi connectivity index (χ0) is 12.8. The monoisotopic (exact) mass is 254 g/mol. The predicted octanol–water partition coefficient (Wildman–Crippen LogP) is 2.67. The fourth-order valence-electron chi connectivity index (χ4n) is 1.67. The van der Waals surface area contributed by atoms with Crippen molar-refractivity contribution in [3.8, 4) is 0 Å². The Balaban J connectivity index is 2.50. The van der Waals surface area contributed by atoms with Gasteiger partial charge < -0.3 is 5.11 Å². The SMILES string of the molecule is Cc1ccc(S(=O)CCCCC(=O)O)c(C)c1. The van der Waals surface area contributed by atoms with Crippen LogP contribution in [0.4, 0.5) is 0 Å². The molecular weight excluding hydrogens is 236 g/mol. The smallest absolute Gasteiger partial charge is 0.303 e. The molecule has 1 atom stereocenters. The predicted molar refractivity (Wildman–Crippen MR) is 68.7 cm³/mol. The quantitative estimate of drug-likeness (QED) is 0.794. The van der Waals surface area contributed by atoms with Crippen LogP contribution in [0.25, 0.3) is 0 Å². The van der Waals surface area contributed by atoms with Crippen LogP contribution >= 0.6 is 0 Å². The number of carboxylic acids is 1. The van der Waals surface area contributed by atoms with Crippen LogP contribution in [0, 0.1) is 13.8 Å². The highest BCUT2D eigenvalue weighted by molar-refractivity contribution is 7.85. The van der Waals surface area contributed by atoms with E-state index in [0.717, 1.165) is 16.0 Å². The highest BCUT2D eigenvalue weighted by Crippen LogP contribution is 2.16. The number of aliphatic carboxylic acids is 1. The van der Waals surface area contributed by atoms with Gasteiger partial charge in [-0.2, -0.15) is 0 Å². The third-order valence-corrected chi connectivity index (χ3v) is 4.15. The summed E-state index contributed by atoms with van der Waals surface area (Å²) in [6.07, 6.45) is 1.43. The van der Waals surface area contributed by atoms with Crippen molar-refractivity contribution in [2.75, 3.05) is 5.75 Å². The first-order valence-electron chi connectivity index (χ1n) is 5.68. The molecule has 94 valence electrons. The van der Waals surface area contributed by atoms with Crippen molar-refractivity contribution in [3.63, 3.8) is 0 Å². The Morgan fingerprint density at radius 3 is 2.59 bits per heavy atom. The van der Waals surface area contributed by atoms with E-state index in [9.17, 15) is 9.00 Å². The number of hydrogen-bond acceptors (Lipinski definition) is 2. The van der Waals surface area contributed by atoms with Gasteiger partial charge in [-0.25, -0.2) is 0 Å². The number of carbonyl (C=O) groups is 1. The van der Waals surface area contributed by atoms with Crippen LogP contribution in [0.2, 0.25) is 0 Å². The Morgan fingerprint density at radius 2 is 2.00 bits per heavy atom. The van der Waals surface area contributed by atoms with Gasteiger partial charge in [0, 0.05) is 17.1 Å². The first-order valence-corrected chi connectivity index (χ1v) is 7.00. The molecule has 17 heavy (non-hydrogen) atoms. The summed E-state index contributed by atoms with van der Waals surface area (Å²) in [5, 5.41) is 8.49. The Kier molecular flexibility index (Phi) is 5.35. The molecule has 0 amide bonds. The zero-order valence-electron chi connectivity index (χ0n) is 10.2. The largest absolute Gasteiger partial charge is 0.481 e. The van der Waals surface area contributed by atoms with Gasteiger partial charge in [-0.05, 0) is 38.3 Å². The van der Waals surface area contributed by atoms with E-state index in [4.69, 9.17) is 5.11 Å². The van der Waals surface area contributed by atoms with Gasteiger partial charge in [0.15, 0.2) is 0 Å². The van der Waals surface area contributed by atoms with Crippen LogP contribution in [0.3, 0.4) is 0 Å². The molecular formula is C13H18O3S. The molecule has 1 rings (SSSR count). The highest BCUT2D eigenvalue weighted by Gasteiger charge is 2.07. The number of rotatable bonds is 6. The van der Waals surface area contributed by atoms with E-state index in [1.807, 2.05) is 32.0 Å². The lowest BCUT2D eigenvalue weighted by Crippen LogP contribution is -2.02. The third kappa shape index (κ3) is 4.69. The van der Waals surface area contributed by atoms with Gasteiger partial charge in [0.25, 0.3) is 0 Å². The first kappa shape index (κ1) is 13.9. The van der Waals surface area contributed by atoms with E-state index in [-0.39, 0.29) is 6.42 Å². The number of hydrogen-bond donors (Lipinski definition) is 1. The van der Waals surface area contributed by atoms with Gasteiger partial charge in [-0.1, -0.05) is 17.7 Å². The van der Waals surface area contributed by atoms with Crippen LogP contribution in [0.5, 0.6) is 0 Å². The molecule has 1 aromatic carbocycles. The summed E-state index contributed by atoms with van der Waals surface area (Å²) in [6, 6.07) is 5.87. The maximum atomic E-state index is 12.0. The van der Waals surface area contributed by atoms with Crippen LogP contribution in [0.1, 0.15) is 30.4 Å². The van der Waals surface area contributed by atoms with Crippen molar-refractivity contribution < 1.29 is 14.1 Å². The van der Waals surface area contributed by atoms with Crippen molar-refractivity contribution in [2.24, 2.45) is 0 Å². The maximum Gasteiger partial charge on any atom is 0.303 e. The lowest BCUT2D eigenvalue weighted by atomic mass is 10.2. The molecule has 0 saturated heterocycles. The van der Waals surface area contributed by atoms with E-state index >= 15 is 0 Å². The van der Waals surface area contributed by atoms with E-state index in [0.29, 0.717) is 18.6 Å². The van der Waals surface area contributed by atoms with Gasteiger partial charge in [-0.15, -0.1) is 0 Å². The fourth-order valence-corrected chi connectivity index (χ4v) is 3.00. The summed E-state index contributed by atoms with van der Waals surface area (Å²) in [5.74, 6) is -0.251. The minimum absolute atomic E-state index is 0.157. The molecule has 0 fully saturated rings. The molecule has 1 N–H and O–H groups in total.